The van der Waals surface area contributed by atoms with Gasteiger partial charge in [-0.3, -0.25) is 4.79 Å². The van der Waals surface area contributed by atoms with E-state index in [9.17, 15) is 4.79 Å². The molecule has 3 heteroatoms. The fourth-order valence-corrected chi connectivity index (χ4v) is 0.816. The van der Waals surface area contributed by atoms with E-state index in [0.29, 0.717) is 16.2 Å². The van der Waals surface area contributed by atoms with Gasteiger partial charge in [0.2, 0.25) is 0 Å². The summed E-state index contributed by atoms with van der Waals surface area (Å²) in [5.74, 6) is -0.0577. The number of carbonyl (C=O) groups excluding carboxylic acids is 1. The van der Waals surface area contributed by atoms with Gasteiger partial charge in [0.25, 0.3) is 5.97 Å². The topological polar surface area (TPSA) is 26.3 Å². The van der Waals surface area contributed by atoms with Crippen LogP contribution in [0.2, 0.25) is 6.55 Å². The number of carbonyl (C=O) groups is 1. The van der Waals surface area contributed by atoms with Gasteiger partial charge >= 0.3 is 9.76 Å². The molecule has 0 amide bonds. The van der Waals surface area contributed by atoms with Crippen LogP contribution < -0.4 is 0 Å². The first kappa shape index (κ1) is 8.69. The predicted molar refractivity (Wildman–Crippen MR) is 37.2 cm³/mol. The number of rotatable bonds is 4. The average molecular weight is 144 g/mol. The van der Waals surface area contributed by atoms with Gasteiger partial charge in [0.15, 0.2) is 0 Å². The van der Waals surface area contributed by atoms with E-state index in [1.165, 1.54) is 0 Å². The third-order valence-electron chi connectivity index (χ3n) is 0.950. The van der Waals surface area contributed by atoms with E-state index >= 15 is 0 Å². The molecule has 0 spiro atoms. The van der Waals surface area contributed by atoms with Gasteiger partial charge in [0.1, 0.15) is 0 Å². The lowest BCUT2D eigenvalue weighted by Crippen LogP contribution is -2.04. The van der Waals surface area contributed by atoms with E-state index in [0.717, 1.165) is 12.8 Å². The highest BCUT2D eigenvalue weighted by atomic mass is 28.2. The van der Waals surface area contributed by atoms with Crippen molar-refractivity contribution in [3.63, 3.8) is 0 Å². The molecular weight excluding hydrogens is 132 g/mol. The summed E-state index contributed by atoms with van der Waals surface area (Å²) in [5, 5.41) is 0. The Morgan fingerprint density at radius 3 is 2.78 bits per heavy atom. The average Bonchev–Trinajstić information content (AvgIpc) is 1.85. The smallest absolute Gasteiger partial charge is 0.311 e. The molecule has 0 aliphatic carbocycles. The Labute approximate surface area is 58.5 Å². The van der Waals surface area contributed by atoms with Gasteiger partial charge in [-0.1, -0.05) is 13.3 Å². The molecule has 0 aromatic rings. The third-order valence-corrected chi connectivity index (χ3v) is 1.38. The van der Waals surface area contributed by atoms with Crippen molar-refractivity contribution in [2.24, 2.45) is 0 Å². The minimum atomic E-state index is -0.0577. The van der Waals surface area contributed by atoms with Crippen molar-refractivity contribution < 1.29 is 9.22 Å². The van der Waals surface area contributed by atoms with Gasteiger partial charge < -0.3 is 4.43 Å². The molecule has 0 N–H and O–H groups in total. The van der Waals surface area contributed by atoms with Crippen LogP contribution >= 0.6 is 0 Å². The zero-order valence-electron chi connectivity index (χ0n) is 5.94. The summed E-state index contributed by atoms with van der Waals surface area (Å²) in [4.78, 5) is 10.6. The molecule has 0 unspecified atom stereocenters. The van der Waals surface area contributed by atoms with E-state index in [2.05, 4.69) is 6.92 Å². The minimum Gasteiger partial charge on any atom is -0.517 e. The van der Waals surface area contributed by atoms with Crippen molar-refractivity contribution in [3.8, 4) is 0 Å². The van der Waals surface area contributed by atoms with Crippen molar-refractivity contribution in [1.29, 1.82) is 0 Å². The number of hydrogen-bond donors (Lipinski definition) is 0. The molecule has 9 heavy (non-hydrogen) atoms. The van der Waals surface area contributed by atoms with Crippen molar-refractivity contribution in [1.82, 2.24) is 0 Å². The summed E-state index contributed by atoms with van der Waals surface area (Å²) in [6.45, 7) is 3.91. The zero-order valence-corrected chi connectivity index (χ0v) is 6.94. The molecule has 0 rings (SSSR count). The van der Waals surface area contributed by atoms with Crippen molar-refractivity contribution in [3.05, 3.63) is 0 Å². The monoisotopic (exact) mass is 144 g/mol. The molecule has 52 valence electrons. The lowest BCUT2D eigenvalue weighted by atomic mass is 10.3. The Hall–Kier alpha value is -0.313. The quantitative estimate of drug-likeness (QED) is 0.557. The maximum absolute atomic E-state index is 10.6. The van der Waals surface area contributed by atoms with Crippen LogP contribution in [-0.2, 0) is 9.22 Å². The third kappa shape index (κ3) is 5.56. The molecular formula is C6H12O2Si. The summed E-state index contributed by atoms with van der Waals surface area (Å²) in [7, 11) is 0.300. The molecule has 2 nitrogen and oxygen atoms in total. The lowest BCUT2D eigenvalue weighted by molar-refractivity contribution is -0.134. The normalized spacial score (nSPS) is 9.11. The van der Waals surface area contributed by atoms with E-state index in [1.54, 1.807) is 0 Å². The van der Waals surface area contributed by atoms with E-state index in [1.807, 2.05) is 6.55 Å². The summed E-state index contributed by atoms with van der Waals surface area (Å²) in [6.07, 6.45) is 2.59. The molecule has 0 heterocycles. The molecule has 0 aliphatic heterocycles. The van der Waals surface area contributed by atoms with E-state index in [4.69, 9.17) is 4.43 Å². The predicted octanol–water partition coefficient (Wildman–Crippen LogP) is 1.39. The Kier molecular flexibility index (Phi) is 5.61. The SMILES string of the molecule is CCCCC(=O)O[Si]C. The molecule has 0 fully saturated rings. The second kappa shape index (κ2) is 5.82. The fourth-order valence-electron chi connectivity index (χ4n) is 0.486. The Balaban J connectivity index is 3.06. The van der Waals surface area contributed by atoms with Gasteiger partial charge in [-0.2, -0.15) is 0 Å². The Morgan fingerprint density at radius 1 is 1.67 bits per heavy atom. The Morgan fingerprint density at radius 2 is 2.33 bits per heavy atom. The highest BCUT2D eigenvalue weighted by Crippen LogP contribution is 1.94. The molecule has 0 aromatic heterocycles. The second-order valence-electron chi connectivity index (χ2n) is 1.78. The number of unbranched alkanes of at least 4 members (excludes halogenated alkanes) is 1. The molecule has 0 saturated heterocycles. The maximum atomic E-state index is 10.6. The summed E-state index contributed by atoms with van der Waals surface area (Å²) in [5.41, 5.74) is 0. The first-order chi connectivity index (χ1) is 4.31. The molecule has 0 bridgehead atoms. The van der Waals surface area contributed by atoms with E-state index < -0.39 is 0 Å². The summed E-state index contributed by atoms with van der Waals surface area (Å²) in [6, 6.07) is 0. The van der Waals surface area contributed by atoms with Crippen LogP contribution in [0, 0.1) is 0 Å². The highest BCUT2D eigenvalue weighted by Gasteiger charge is 1.97. The van der Waals surface area contributed by atoms with E-state index in [-0.39, 0.29) is 5.97 Å². The fraction of sp³-hybridized carbons (Fsp3) is 0.833. The van der Waals surface area contributed by atoms with Crippen molar-refractivity contribution >= 4 is 15.7 Å². The second-order valence-corrected chi connectivity index (χ2v) is 2.39. The molecule has 0 aromatic carbocycles. The zero-order chi connectivity index (χ0) is 7.11. The largest absolute Gasteiger partial charge is 0.517 e. The van der Waals surface area contributed by atoms with Gasteiger partial charge in [0.05, 0.1) is 0 Å². The minimum absolute atomic E-state index is 0.0577. The first-order valence-corrected chi connectivity index (χ1v) is 4.58. The van der Waals surface area contributed by atoms with Crippen LogP contribution in [0.4, 0.5) is 0 Å². The van der Waals surface area contributed by atoms with Crippen LogP contribution in [0.1, 0.15) is 26.2 Å². The highest BCUT2D eigenvalue weighted by molar-refractivity contribution is 6.28. The van der Waals surface area contributed by atoms with Crippen molar-refractivity contribution in [2.75, 3.05) is 0 Å². The van der Waals surface area contributed by atoms with Gasteiger partial charge in [-0.25, -0.2) is 0 Å². The van der Waals surface area contributed by atoms with Gasteiger partial charge in [-0.05, 0) is 13.0 Å². The van der Waals surface area contributed by atoms with Gasteiger partial charge in [-0.15, -0.1) is 0 Å². The molecule has 0 atom stereocenters. The van der Waals surface area contributed by atoms with Crippen LogP contribution in [0.5, 0.6) is 0 Å². The molecule has 2 radical (unpaired) electrons. The summed E-state index contributed by atoms with van der Waals surface area (Å²) < 4.78 is 4.73. The standard InChI is InChI=1S/C6H12O2Si/c1-3-4-5-6(7)8-9-2/h3-5H2,1-2H3. The molecule has 0 aliphatic rings. The summed E-state index contributed by atoms with van der Waals surface area (Å²) >= 11 is 0. The molecule has 0 saturated carbocycles. The first-order valence-electron chi connectivity index (χ1n) is 3.17. The van der Waals surface area contributed by atoms with Crippen LogP contribution in [0.15, 0.2) is 0 Å². The van der Waals surface area contributed by atoms with Crippen molar-refractivity contribution in [2.45, 2.75) is 32.7 Å². The lowest BCUT2D eigenvalue weighted by Gasteiger charge is -1.97. The van der Waals surface area contributed by atoms with Crippen LogP contribution in [-0.4, -0.2) is 15.7 Å². The van der Waals surface area contributed by atoms with Crippen LogP contribution in [0.3, 0.4) is 0 Å². The number of hydrogen-bond acceptors (Lipinski definition) is 2. The van der Waals surface area contributed by atoms with Gasteiger partial charge in [0, 0.05) is 6.42 Å². The maximum Gasteiger partial charge on any atom is 0.311 e. The van der Waals surface area contributed by atoms with Crippen LogP contribution in [0.25, 0.3) is 0 Å². The Bertz CT molecular complexity index is 83.1.